The third-order valence-electron chi connectivity index (χ3n) is 2.58. The average Bonchev–Trinajstić information content (AvgIpc) is 2.47. The molecule has 102 valence electrons. The summed E-state index contributed by atoms with van der Waals surface area (Å²) >= 11 is 5.52. The van der Waals surface area contributed by atoms with Gasteiger partial charge in [-0.1, -0.05) is 17.9 Å². The zero-order valence-corrected chi connectivity index (χ0v) is 11.5. The first-order valence-corrected chi connectivity index (χ1v) is 6.70. The summed E-state index contributed by atoms with van der Waals surface area (Å²) < 4.78 is 18.8. The first-order valence-electron chi connectivity index (χ1n) is 6.16. The van der Waals surface area contributed by atoms with Crippen LogP contribution < -0.4 is 4.74 Å². The van der Waals surface area contributed by atoms with Crippen molar-refractivity contribution >= 4 is 11.6 Å². The molecule has 2 rings (SSSR count). The molecule has 0 aliphatic heterocycles. The van der Waals surface area contributed by atoms with E-state index in [1.807, 2.05) is 18.2 Å². The third-order valence-corrected chi connectivity index (χ3v) is 2.71. The van der Waals surface area contributed by atoms with Gasteiger partial charge in [0.15, 0.2) is 0 Å². The van der Waals surface area contributed by atoms with Gasteiger partial charge in [-0.15, -0.1) is 11.6 Å². The lowest BCUT2D eigenvalue weighted by atomic mass is 10.2. The molecule has 2 aromatic rings. The smallest absolute Gasteiger partial charge is 0.137 e. The lowest BCUT2D eigenvalue weighted by Gasteiger charge is -2.08. The molecule has 2 nitrogen and oxygen atoms in total. The number of pyridine rings is 1. The molecule has 20 heavy (non-hydrogen) atoms. The van der Waals surface area contributed by atoms with E-state index in [9.17, 15) is 4.39 Å². The van der Waals surface area contributed by atoms with Crippen LogP contribution in [0.4, 0.5) is 4.39 Å². The molecule has 0 amide bonds. The number of halogens is 2. The van der Waals surface area contributed by atoms with Crippen LogP contribution in [0.3, 0.4) is 0 Å². The Morgan fingerprint density at radius 2 is 2.15 bits per heavy atom. The summed E-state index contributed by atoms with van der Waals surface area (Å²) in [5, 5.41) is 0. The van der Waals surface area contributed by atoms with Gasteiger partial charge in [-0.3, -0.25) is 4.98 Å². The second kappa shape index (κ2) is 7.52. The number of hydrogen-bond acceptors (Lipinski definition) is 2. The van der Waals surface area contributed by atoms with Crippen molar-refractivity contribution in [2.75, 3.05) is 12.5 Å². The van der Waals surface area contributed by atoms with Crippen LogP contribution in [0.15, 0.2) is 42.6 Å². The van der Waals surface area contributed by atoms with E-state index >= 15 is 0 Å². The summed E-state index contributed by atoms with van der Waals surface area (Å²) in [4.78, 5) is 4.20. The lowest BCUT2D eigenvalue weighted by molar-refractivity contribution is 0.318. The van der Waals surface area contributed by atoms with Gasteiger partial charge in [0.1, 0.15) is 11.6 Å². The molecule has 0 unspecified atom stereocenters. The SMILES string of the molecule is Fc1ccc(C#CCCl)c(OCCc2ccccn2)c1. The van der Waals surface area contributed by atoms with Crippen molar-refractivity contribution in [3.05, 3.63) is 59.7 Å². The van der Waals surface area contributed by atoms with Crippen LogP contribution in [0.2, 0.25) is 0 Å². The Morgan fingerprint density at radius 3 is 2.90 bits per heavy atom. The van der Waals surface area contributed by atoms with Gasteiger partial charge >= 0.3 is 0 Å². The summed E-state index contributed by atoms with van der Waals surface area (Å²) in [6, 6.07) is 9.97. The molecule has 0 N–H and O–H groups in total. The molecular formula is C16H13ClFNO. The van der Waals surface area contributed by atoms with Gasteiger partial charge in [0, 0.05) is 24.4 Å². The van der Waals surface area contributed by atoms with Crippen molar-refractivity contribution in [3.63, 3.8) is 0 Å². The van der Waals surface area contributed by atoms with Gasteiger partial charge in [0.05, 0.1) is 18.1 Å². The predicted octanol–water partition coefficient (Wildman–Crippen LogP) is 3.43. The van der Waals surface area contributed by atoms with Crippen LogP contribution in [0, 0.1) is 17.7 Å². The topological polar surface area (TPSA) is 22.1 Å². The highest BCUT2D eigenvalue weighted by Crippen LogP contribution is 2.19. The molecule has 0 bridgehead atoms. The predicted molar refractivity (Wildman–Crippen MR) is 77.4 cm³/mol. The standard InChI is InChI=1S/C16H13ClFNO/c17-9-3-4-13-6-7-14(18)12-16(13)20-11-8-15-5-1-2-10-19-15/h1-2,5-7,10,12H,8-9,11H2. The molecule has 0 saturated heterocycles. The van der Waals surface area contributed by atoms with E-state index in [-0.39, 0.29) is 11.7 Å². The summed E-state index contributed by atoms with van der Waals surface area (Å²) in [6.07, 6.45) is 2.38. The van der Waals surface area contributed by atoms with E-state index in [1.54, 1.807) is 12.3 Å². The Morgan fingerprint density at radius 1 is 1.25 bits per heavy atom. The molecule has 0 spiro atoms. The first kappa shape index (κ1) is 14.4. The maximum atomic E-state index is 13.3. The Hall–Kier alpha value is -2.05. The zero-order chi connectivity index (χ0) is 14.2. The minimum absolute atomic E-state index is 0.227. The van der Waals surface area contributed by atoms with Gasteiger partial charge in [0.2, 0.25) is 0 Å². The van der Waals surface area contributed by atoms with Crippen LogP contribution in [0.5, 0.6) is 5.75 Å². The molecule has 0 radical (unpaired) electrons. The third kappa shape index (κ3) is 4.25. The molecule has 0 aliphatic rings. The monoisotopic (exact) mass is 289 g/mol. The highest BCUT2D eigenvalue weighted by atomic mass is 35.5. The lowest BCUT2D eigenvalue weighted by Crippen LogP contribution is -2.04. The molecule has 1 aromatic heterocycles. The largest absolute Gasteiger partial charge is 0.492 e. The van der Waals surface area contributed by atoms with E-state index in [4.69, 9.17) is 16.3 Å². The van der Waals surface area contributed by atoms with E-state index in [0.717, 1.165) is 5.69 Å². The minimum Gasteiger partial charge on any atom is -0.492 e. The quantitative estimate of drug-likeness (QED) is 0.635. The summed E-state index contributed by atoms with van der Waals surface area (Å²) in [6.45, 7) is 0.413. The van der Waals surface area contributed by atoms with Crippen molar-refractivity contribution in [1.82, 2.24) is 4.98 Å². The number of aromatic nitrogens is 1. The molecule has 1 heterocycles. The van der Waals surface area contributed by atoms with Crippen molar-refractivity contribution in [2.45, 2.75) is 6.42 Å². The van der Waals surface area contributed by atoms with Crippen LogP contribution in [0.1, 0.15) is 11.3 Å². The second-order valence-corrected chi connectivity index (χ2v) is 4.26. The Balaban J connectivity index is 2.03. The first-order chi connectivity index (χ1) is 9.79. The minimum atomic E-state index is -0.353. The fraction of sp³-hybridized carbons (Fsp3) is 0.188. The Kier molecular flexibility index (Phi) is 5.40. The number of benzene rings is 1. The Bertz CT molecular complexity index is 619. The fourth-order valence-corrected chi connectivity index (χ4v) is 1.73. The number of alkyl halides is 1. The van der Waals surface area contributed by atoms with E-state index < -0.39 is 0 Å². The van der Waals surface area contributed by atoms with Gasteiger partial charge in [0.25, 0.3) is 0 Å². The van der Waals surface area contributed by atoms with Gasteiger partial charge in [-0.2, -0.15) is 0 Å². The van der Waals surface area contributed by atoms with Crippen LogP contribution in [-0.2, 0) is 6.42 Å². The molecule has 0 atom stereocenters. The summed E-state index contributed by atoms with van der Waals surface area (Å²) in [5.74, 6) is 5.89. The van der Waals surface area contributed by atoms with Gasteiger partial charge in [-0.25, -0.2) is 4.39 Å². The van der Waals surface area contributed by atoms with Crippen molar-refractivity contribution in [2.24, 2.45) is 0 Å². The number of ether oxygens (including phenoxy) is 1. The molecule has 0 saturated carbocycles. The van der Waals surface area contributed by atoms with Crippen LogP contribution in [-0.4, -0.2) is 17.5 Å². The maximum Gasteiger partial charge on any atom is 0.137 e. The summed E-state index contributed by atoms with van der Waals surface area (Å²) in [5.41, 5.74) is 1.56. The van der Waals surface area contributed by atoms with E-state index in [1.165, 1.54) is 12.1 Å². The molecule has 1 aromatic carbocycles. The highest BCUT2D eigenvalue weighted by Gasteiger charge is 2.04. The fourth-order valence-electron chi connectivity index (χ4n) is 1.66. The number of hydrogen-bond donors (Lipinski definition) is 0. The highest BCUT2D eigenvalue weighted by molar-refractivity contribution is 6.19. The van der Waals surface area contributed by atoms with Crippen LogP contribution in [0.25, 0.3) is 0 Å². The van der Waals surface area contributed by atoms with Gasteiger partial charge in [-0.05, 0) is 24.3 Å². The van der Waals surface area contributed by atoms with Gasteiger partial charge < -0.3 is 4.74 Å². The maximum absolute atomic E-state index is 13.3. The normalized spacial score (nSPS) is 9.70. The van der Waals surface area contributed by atoms with Crippen molar-refractivity contribution < 1.29 is 9.13 Å². The number of nitrogens with zero attached hydrogens (tertiary/aromatic N) is 1. The summed E-state index contributed by atoms with van der Waals surface area (Å²) in [7, 11) is 0. The zero-order valence-electron chi connectivity index (χ0n) is 10.8. The van der Waals surface area contributed by atoms with Crippen molar-refractivity contribution in [3.8, 4) is 17.6 Å². The van der Waals surface area contributed by atoms with E-state index in [2.05, 4.69) is 16.8 Å². The molecule has 0 fully saturated rings. The molecule has 0 aliphatic carbocycles. The van der Waals surface area contributed by atoms with Crippen LogP contribution >= 0.6 is 11.6 Å². The number of rotatable bonds is 4. The van der Waals surface area contributed by atoms with Crippen molar-refractivity contribution in [1.29, 1.82) is 0 Å². The second-order valence-electron chi connectivity index (χ2n) is 4.00. The molecular weight excluding hydrogens is 277 g/mol. The Labute approximate surface area is 122 Å². The van der Waals surface area contributed by atoms with E-state index in [0.29, 0.717) is 24.3 Å². The molecule has 4 heteroatoms. The average molecular weight is 290 g/mol.